The number of benzene rings is 1. The lowest BCUT2D eigenvalue weighted by atomic mass is 10.1. The van der Waals surface area contributed by atoms with Crippen LogP contribution in [0.5, 0.6) is 0 Å². The number of hydrogen-bond acceptors (Lipinski definition) is 4. The highest BCUT2D eigenvalue weighted by atomic mass is 16.5. The van der Waals surface area contributed by atoms with Crippen LogP contribution in [0.1, 0.15) is 37.8 Å². The van der Waals surface area contributed by atoms with Crippen LogP contribution >= 0.6 is 0 Å². The van der Waals surface area contributed by atoms with Gasteiger partial charge in [0.2, 0.25) is 0 Å². The van der Waals surface area contributed by atoms with Crippen LogP contribution < -0.4 is 10.6 Å². The summed E-state index contributed by atoms with van der Waals surface area (Å²) in [7, 11) is 1.68. The van der Waals surface area contributed by atoms with E-state index in [9.17, 15) is 0 Å². The van der Waals surface area contributed by atoms with Crippen molar-refractivity contribution in [2.75, 3.05) is 46.6 Å². The third kappa shape index (κ3) is 10.4. The van der Waals surface area contributed by atoms with E-state index < -0.39 is 0 Å². The van der Waals surface area contributed by atoms with Gasteiger partial charge in [-0.3, -0.25) is 0 Å². The molecule has 1 rings (SSSR count). The molecule has 1 aromatic carbocycles. The zero-order valence-corrected chi connectivity index (χ0v) is 16.6. The van der Waals surface area contributed by atoms with Gasteiger partial charge >= 0.3 is 0 Å². The van der Waals surface area contributed by atoms with Crippen LogP contribution in [0.2, 0.25) is 0 Å². The second-order valence-electron chi connectivity index (χ2n) is 5.90. The highest BCUT2D eigenvalue weighted by Gasteiger charge is 2.03. The number of aliphatic imine (C=N–C) groups is 1. The highest BCUT2D eigenvalue weighted by Crippen LogP contribution is 2.11. The van der Waals surface area contributed by atoms with Crippen molar-refractivity contribution < 1.29 is 14.2 Å². The molecule has 6 heteroatoms. The van der Waals surface area contributed by atoms with Crippen LogP contribution in [-0.4, -0.2) is 52.6 Å². The highest BCUT2D eigenvalue weighted by molar-refractivity contribution is 5.79. The third-order valence-corrected chi connectivity index (χ3v) is 3.67. The summed E-state index contributed by atoms with van der Waals surface area (Å²) in [6.07, 6.45) is 1.96. The Labute approximate surface area is 158 Å². The molecule has 0 saturated carbocycles. The number of hydrogen-bond donors (Lipinski definition) is 2. The third-order valence-electron chi connectivity index (χ3n) is 3.67. The molecule has 0 amide bonds. The summed E-state index contributed by atoms with van der Waals surface area (Å²) in [5.41, 5.74) is 2.40. The molecule has 0 fully saturated rings. The lowest BCUT2D eigenvalue weighted by molar-refractivity contribution is 0.0698. The van der Waals surface area contributed by atoms with E-state index in [2.05, 4.69) is 36.6 Å². The van der Waals surface area contributed by atoms with Gasteiger partial charge in [-0.05, 0) is 30.9 Å². The van der Waals surface area contributed by atoms with Crippen LogP contribution in [0.3, 0.4) is 0 Å². The van der Waals surface area contributed by atoms with Gasteiger partial charge in [0, 0.05) is 33.4 Å². The molecule has 0 atom stereocenters. The maximum atomic E-state index is 5.68. The lowest BCUT2D eigenvalue weighted by Crippen LogP contribution is -2.38. The van der Waals surface area contributed by atoms with E-state index in [1.807, 2.05) is 12.1 Å². The van der Waals surface area contributed by atoms with Crippen LogP contribution in [0.4, 0.5) is 0 Å². The first-order valence-corrected chi connectivity index (χ1v) is 9.55. The predicted molar refractivity (Wildman–Crippen MR) is 107 cm³/mol. The van der Waals surface area contributed by atoms with Crippen LogP contribution in [0.15, 0.2) is 29.3 Å². The summed E-state index contributed by atoms with van der Waals surface area (Å²) in [5, 5.41) is 6.63. The molecule has 0 spiro atoms. The monoisotopic (exact) mass is 365 g/mol. The second kappa shape index (κ2) is 15.6. The molecule has 0 unspecified atom stereocenters. The van der Waals surface area contributed by atoms with E-state index in [4.69, 9.17) is 19.2 Å². The minimum absolute atomic E-state index is 0.630. The largest absolute Gasteiger partial charge is 0.382 e. The normalized spacial score (nSPS) is 11.6. The molecule has 0 aliphatic heterocycles. The first-order valence-electron chi connectivity index (χ1n) is 9.55. The molecule has 0 saturated heterocycles. The average Bonchev–Trinajstić information content (AvgIpc) is 2.66. The number of guanidine groups is 1. The molecule has 26 heavy (non-hydrogen) atoms. The first-order chi connectivity index (χ1) is 12.8. The van der Waals surface area contributed by atoms with E-state index in [-0.39, 0.29) is 0 Å². The number of methoxy groups -OCH3 is 1. The quantitative estimate of drug-likeness (QED) is 0.301. The Hall–Kier alpha value is -1.63. The summed E-state index contributed by atoms with van der Waals surface area (Å²) < 4.78 is 16.1. The maximum Gasteiger partial charge on any atom is 0.191 e. The topological polar surface area (TPSA) is 64.1 Å². The fourth-order valence-electron chi connectivity index (χ4n) is 2.31. The SMILES string of the molecule is CCCOCc1ccccc1CN=C(NCC)NCCCOCCOC. The van der Waals surface area contributed by atoms with Crippen molar-refractivity contribution in [3.8, 4) is 0 Å². The van der Waals surface area contributed by atoms with E-state index in [1.54, 1.807) is 7.11 Å². The fourth-order valence-corrected chi connectivity index (χ4v) is 2.31. The van der Waals surface area contributed by atoms with Gasteiger partial charge in [0.25, 0.3) is 0 Å². The molecule has 1 aromatic rings. The molecule has 0 aromatic heterocycles. The number of rotatable bonds is 14. The van der Waals surface area contributed by atoms with Gasteiger partial charge in [-0.15, -0.1) is 0 Å². The van der Waals surface area contributed by atoms with E-state index in [0.29, 0.717) is 33.0 Å². The fraction of sp³-hybridized carbons (Fsp3) is 0.650. The van der Waals surface area contributed by atoms with Crippen molar-refractivity contribution in [1.29, 1.82) is 0 Å². The molecule has 2 N–H and O–H groups in total. The minimum atomic E-state index is 0.630. The van der Waals surface area contributed by atoms with E-state index >= 15 is 0 Å². The predicted octanol–water partition coefficient (Wildman–Crippen LogP) is 2.72. The molecule has 0 radical (unpaired) electrons. The van der Waals surface area contributed by atoms with Gasteiger partial charge in [0.15, 0.2) is 5.96 Å². The van der Waals surface area contributed by atoms with Crippen molar-refractivity contribution in [3.63, 3.8) is 0 Å². The smallest absolute Gasteiger partial charge is 0.191 e. The number of nitrogens with one attached hydrogen (secondary N) is 2. The maximum absolute atomic E-state index is 5.68. The Morgan fingerprint density at radius 3 is 2.50 bits per heavy atom. The number of ether oxygens (including phenoxy) is 3. The first kappa shape index (κ1) is 22.4. The standard InChI is InChI=1S/C20H35N3O3/c1-4-12-26-17-19-10-7-6-9-18(19)16-23-20(21-5-2)22-11-8-13-25-15-14-24-3/h6-7,9-10H,4-5,8,11-17H2,1-3H3,(H2,21,22,23). The Morgan fingerprint density at radius 2 is 1.77 bits per heavy atom. The van der Waals surface area contributed by atoms with E-state index in [0.717, 1.165) is 38.5 Å². The second-order valence-corrected chi connectivity index (χ2v) is 5.90. The summed E-state index contributed by atoms with van der Waals surface area (Å²) in [6.45, 7) is 9.89. The average molecular weight is 366 g/mol. The summed E-state index contributed by atoms with van der Waals surface area (Å²) in [5.74, 6) is 0.827. The molecule has 0 heterocycles. The Balaban J connectivity index is 2.45. The zero-order valence-electron chi connectivity index (χ0n) is 16.6. The Bertz CT molecular complexity index is 495. The minimum Gasteiger partial charge on any atom is -0.382 e. The van der Waals surface area contributed by atoms with E-state index in [1.165, 1.54) is 11.1 Å². The van der Waals surface area contributed by atoms with Crippen molar-refractivity contribution in [3.05, 3.63) is 35.4 Å². The van der Waals surface area contributed by atoms with Crippen molar-refractivity contribution in [2.45, 2.75) is 39.8 Å². The summed E-state index contributed by atoms with van der Waals surface area (Å²) in [6, 6.07) is 8.32. The zero-order chi connectivity index (χ0) is 18.9. The lowest BCUT2D eigenvalue weighted by Gasteiger charge is -2.13. The van der Waals surface area contributed by atoms with Gasteiger partial charge in [-0.2, -0.15) is 0 Å². The van der Waals surface area contributed by atoms with Gasteiger partial charge in [-0.25, -0.2) is 4.99 Å². The molecule has 148 valence electrons. The van der Waals surface area contributed by atoms with Crippen molar-refractivity contribution >= 4 is 5.96 Å². The summed E-state index contributed by atoms with van der Waals surface area (Å²) >= 11 is 0. The van der Waals surface area contributed by atoms with Gasteiger partial charge in [-0.1, -0.05) is 31.2 Å². The van der Waals surface area contributed by atoms with Crippen LogP contribution in [0, 0.1) is 0 Å². The van der Waals surface area contributed by atoms with Crippen molar-refractivity contribution in [2.24, 2.45) is 4.99 Å². The van der Waals surface area contributed by atoms with Crippen LogP contribution in [-0.2, 0) is 27.4 Å². The molecular weight excluding hydrogens is 330 g/mol. The molecule has 0 aliphatic carbocycles. The van der Waals surface area contributed by atoms with Gasteiger partial charge in [0.1, 0.15) is 0 Å². The molecular formula is C20H35N3O3. The van der Waals surface area contributed by atoms with Crippen molar-refractivity contribution in [1.82, 2.24) is 10.6 Å². The molecule has 0 aliphatic rings. The molecule has 6 nitrogen and oxygen atoms in total. The Kier molecular flexibility index (Phi) is 13.5. The molecule has 0 bridgehead atoms. The summed E-state index contributed by atoms with van der Waals surface area (Å²) in [4.78, 5) is 4.70. The number of nitrogens with zero attached hydrogens (tertiary/aromatic N) is 1. The van der Waals surface area contributed by atoms with Gasteiger partial charge in [0.05, 0.1) is 26.4 Å². The Morgan fingerprint density at radius 1 is 0.962 bits per heavy atom. The van der Waals surface area contributed by atoms with Crippen LogP contribution in [0.25, 0.3) is 0 Å². The van der Waals surface area contributed by atoms with Gasteiger partial charge < -0.3 is 24.8 Å².